The molecule has 8 heteroatoms. The molecule has 0 saturated carbocycles. The number of ether oxygens (including phenoxy) is 1. The van der Waals surface area contributed by atoms with Crippen LogP contribution in [0.3, 0.4) is 0 Å². The number of pyridine rings is 1. The van der Waals surface area contributed by atoms with Crippen LogP contribution in [-0.4, -0.2) is 46.5 Å². The van der Waals surface area contributed by atoms with Gasteiger partial charge in [0.05, 0.1) is 24.8 Å². The number of para-hydroxylation sites is 1. The summed E-state index contributed by atoms with van der Waals surface area (Å²) in [5.41, 5.74) is 3.04. The van der Waals surface area contributed by atoms with Crippen LogP contribution in [-0.2, 0) is 17.9 Å². The number of aryl methyl sites for hydroxylation is 1. The number of nitrogens with one attached hydrogen (secondary N) is 2. The number of hydrogen-bond donors (Lipinski definition) is 2. The van der Waals surface area contributed by atoms with Gasteiger partial charge in [-0.05, 0) is 51.2 Å². The number of hydrogen-bond acceptors (Lipinski definition) is 4. The monoisotopic (exact) mass is 520 g/mol. The molecule has 3 heterocycles. The second kappa shape index (κ2) is 11.1. The molecule has 0 aliphatic carbocycles. The van der Waals surface area contributed by atoms with Gasteiger partial charge in [-0.15, -0.1) is 0 Å². The van der Waals surface area contributed by atoms with E-state index in [1.807, 2.05) is 43.9 Å². The molecular weight excluding hydrogens is 480 g/mol. The van der Waals surface area contributed by atoms with Crippen LogP contribution in [0.2, 0.25) is 0 Å². The number of carbonyl (C=O) groups is 2. The van der Waals surface area contributed by atoms with Crippen LogP contribution in [0.15, 0.2) is 35.1 Å². The molecule has 8 nitrogen and oxygen atoms in total. The number of rotatable bonds is 8. The van der Waals surface area contributed by atoms with Gasteiger partial charge in [0.2, 0.25) is 5.91 Å². The Labute approximate surface area is 224 Å². The summed E-state index contributed by atoms with van der Waals surface area (Å²) in [6, 6.07) is 9.71. The summed E-state index contributed by atoms with van der Waals surface area (Å²) in [5.74, 6) is 0.896. The van der Waals surface area contributed by atoms with Gasteiger partial charge in [-0.2, -0.15) is 0 Å². The van der Waals surface area contributed by atoms with Gasteiger partial charge >= 0.3 is 0 Å². The van der Waals surface area contributed by atoms with Crippen molar-refractivity contribution in [2.24, 2.45) is 11.3 Å². The van der Waals surface area contributed by atoms with Crippen LogP contribution in [0.25, 0.3) is 10.9 Å². The lowest BCUT2D eigenvalue weighted by molar-refractivity contribution is -0.142. The van der Waals surface area contributed by atoms with Crippen molar-refractivity contribution >= 4 is 22.7 Å². The molecule has 2 N–H and O–H groups in total. The van der Waals surface area contributed by atoms with Gasteiger partial charge in [-0.3, -0.25) is 14.4 Å². The smallest absolute Gasteiger partial charge is 0.256 e. The van der Waals surface area contributed by atoms with Crippen LogP contribution in [0.5, 0.6) is 5.75 Å². The van der Waals surface area contributed by atoms with Crippen LogP contribution >= 0.6 is 0 Å². The van der Waals surface area contributed by atoms with E-state index in [4.69, 9.17) is 4.74 Å². The fraction of sp³-hybridized carbons (Fsp3) is 0.500. The van der Waals surface area contributed by atoms with Crippen molar-refractivity contribution in [2.75, 3.05) is 20.2 Å². The van der Waals surface area contributed by atoms with E-state index in [0.717, 1.165) is 55.5 Å². The minimum absolute atomic E-state index is 0.0666. The van der Waals surface area contributed by atoms with E-state index in [1.165, 1.54) is 7.11 Å². The number of benzene rings is 1. The number of H-pyrrole nitrogens is 1. The minimum Gasteiger partial charge on any atom is -0.496 e. The molecule has 1 fully saturated rings. The zero-order valence-corrected chi connectivity index (χ0v) is 23.4. The lowest BCUT2D eigenvalue weighted by atomic mass is 9.87. The molecule has 1 aliphatic heterocycles. The predicted molar refractivity (Wildman–Crippen MR) is 150 cm³/mol. The van der Waals surface area contributed by atoms with Crippen LogP contribution in [0.4, 0.5) is 0 Å². The number of aromatic nitrogens is 2. The van der Waals surface area contributed by atoms with Crippen LogP contribution in [0.1, 0.15) is 67.3 Å². The average Bonchev–Trinajstić information content (AvgIpc) is 3.18. The lowest BCUT2D eigenvalue weighted by Gasteiger charge is -2.37. The van der Waals surface area contributed by atoms with Crippen LogP contribution in [0, 0.1) is 25.2 Å². The molecule has 38 heavy (non-hydrogen) atoms. The molecule has 4 rings (SSSR count). The van der Waals surface area contributed by atoms with Crippen molar-refractivity contribution in [3.63, 3.8) is 0 Å². The van der Waals surface area contributed by atoms with Gasteiger partial charge in [0, 0.05) is 47.3 Å². The first-order valence-corrected chi connectivity index (χ1v) is 13.5. The summed E-state index contributed by atoms with van der Waals surface area (Å²) in [7, 11) is 1.52. The lowest BCUT2D eigenvalue weighted by Crippen LogP contribution is -2.45. The Hall–Kier alpha value is -3.55. The highest BCUT2D eigenvalue weighted by Crippen LogP contribution is 2.31. The molecule has 0 radical (unpaired) electrons. The zero-order valence-electron chi connectivity index (χ0n) is 23.4. The highest BCUT2D eigenvalue weighted by molar-refractivity contribution is 6.08. The summed E-state index contributed by atoms with van der Waals surface area (Å²) >= 11 is 0. The SMILES string of the molecule is CCC(C)(C)C(=O)N1CCC(Cn2c(C)c(C(=O)NCc3c(OC)cc(C)[nH]c3=O)c3ccccc32)CC1. The summed E-state index contributed by atoms with van der Waals surface area (Å²) in [6.45, 7) is 12.3. The highest BCUT2D eigenvalue weighted by atomic mass is 16.5. The molecule has 3 aromatic rings. The molecule has 204 valence electrons. The molecule has 1 aromatic carbocycles. The van der Waals surface area contributed by atoms with Crippen LogP contribution < -0.4 is 15.6 Å². The quantitative estimate of drug-likeness (QED) is 0.455. The van der Waals surface area contributed by atoms with E-state index in [0.29, 0.717) is 28.5 Å². The summed E-state index contributed by atoms with van der Waals surface area (Å²) in [4.78, 5) is 43.7. The summed E-state index contributed by atoms with van der Waals surface area (Å²) in [6.07, 6.45) is 2.71. The zero-order chi connectivity index (χ0) is 27.6. The van der Waals surface area contributed by atoms with E-state index < -0.39 is 0 Å². The van der Waals surface area contributed by atoms with Crippen molar-refractivity contribution in [2.45, 2.75) is 67.0 Å². The number of piperidine rings is 1. The average molecular weight is 521 g/mol. The molecular formula is C30H40N4O4. The fourth-order valence-electron chi connectivity index (χ4n) is 5.40. The normalized spacial score (nSPS) is 14.6. The molecule has 0 unspecified atom stereocenters. The van der Waals surface area contributed by atoms with E-state index >= 15 is 0 Å². The third kappa shape index (κ3) is 5.35. The topological polar surface area (TPSA) is 96.4 Å². The third-order valence-electron chi connectivity index (χ3n) is 8.14. The van der Waals surface area contributed by atoms with Crippen molar-refractivity contribution in [1.82, 2.24) is 19.8 Å². The first-order chi connectivity index (χ1) is 18.1. The van der Waals surface area contributed by atoms with Crippen molar-refractivity contribution in [1.29, 1.82) is 0 Å². The first kappa shape index (κ1) is 27.5. The standard InChI is InChI=1S/C30H40N4O4/c1-7-30(4,5)29(37)33-14-12-21(13-15-33)18-34-20(3)26(22-10-8-9-11-24(22)34)28(36)31-17-23-25(38-6)16-19(2)32-27(23)35/h8-11,16,21H,7,12-15,17-18H2,1-6H3,(H,31,36)(H,32,35). The number of carbonyl (C=O) groups excluding carboxylic acids is 2. The molecule has 0 bridgehead atoms. The largest absolute Gasteiger partial charge is 0.496 e. The van der Waals surface area contributed by atoms with Gasteiger partial charge in [-0.1, -0.05) is 39.0 Å². The number of methoxy groups -OCH3 is 1. The van der Waals surface area contributed by atoms with E-state index in [1.54, 1.807) is 13.0 Å². The third-order valence-corrected chi connectivity index (χ3v) is 8.14. The molecule has 2 amide bonds. The van der Waals surface area contributed by atoms with Crippen molar-refractivity contribution in [3.8, 4) is 5.75 Å². The van der Waals surface area contributed by atoms with E-state index in [-0.39, 0.29) is 29.3 Å². The maximum Gasteiger partial charge on any atom is 0.256 e. The fourth-order valence-corrected chi connectivity index (χ4v) is 5.40. The number of likely N-dealkylation sites (tertiary alicyclic amines) is 1. The maximum absolute atomic E-state index is 13.5. The Bertz CT molecular complexity index is 1390. The number of nitrogens with zero attached hydrogens (tertiary/aromatic N) is 2. The van der Waals surface area contributed by atoms with Gasteiger partial charge in [0.1, 0.15) is 5.75 Å². The predicted octanol–water partition coefficient (Wildman–Crippen LogP) is 4.56. The maximum atomic E-state index is 13.5. The van der Waals surface area contributed by atoms with Gasteiger partial charge in [0.25, 0.3) is 11.5 Å². The number of fused-ring (bicyclic) bond motifs is 1. The molecule has 2 aromatic heterocycles. The molecule has 0 spiro atoms. The summed E-state index contributed by atoms with van der Waals surface area (Å²) < 4.78 is 7.61. The van der Waals surface area contributed by atoms with E-state index in [2.05, 4.69) is 27.9 Å². The Morgan fingerprint density at radius 3 is 2.50 bits per heavy atom. The Kier molecular flexibility index (Phi) is 7.99. The molecule has 0 atom stereocenters. The number of aromatic amines is 1. The molecule has 1 aliphatic rings. The minimum atomic E-state index is -0.324. The van der Waals surface area contributed by atoms with Gasteiger partial charge < -0.3 is 24.5 Å². The van der Waals surface area contributed by atoms with Gasteiger partial charge in [0.15, 0.2) is 0 Å². The second-order valence-corrected chi connectivity index (χ2v) is 11.1. The van der Waals surface area contributed by atoms with E-state index in [9.17, 15) is 14.4 Å². The number of amides is 2. The first-order valence-electron chi connectivity index (χ1n) is 13.5. The Balaban J connectivity index is 1.52. The van der Waals surface area contributed by atoms with Crippen molar-refractivity contribution < 1.29 is 14.3 Å². The highest BCUT2D eigenvalue weighted by Gasteiger charge is 2.33. The Morgan fingerprint density at radius 2 is 1.84 bits per heavy atom. The molecule has 1 saturated heterocycles. The van der Waals surface area contributed by atoms with Crippen molar-refractivity contribution in [3.05, 3.63) is 63.2 Å². The second-order valence-electron chi connectivity index (χ2n) is 11.1. The summed E-state index contributed by atoms with van der Waals surface area (Å²) in [5, 5.41) is 3.83. The Morgan fingerprint density at radius 1 is 1.16 bits per heavy atom. The van der Waals surface area contributed by atoms with Gasteiger partial charge in [-0.25, -0.2) is 0 Å².